The minimum atomic E-state index is -1.60. The molecule has 0 aromatic rings. The lowest BCUT2D eigenvalue weighted by Gasteiger charge is -2.43. The van der Waals surface area contributed by atoms with Crippen LogP contribution in [-0.2, 0) is 18.9 Å². The Kier molecular flexibility index (Phi) is 11.5. The summed E-state index contributed by atoms with van der Waals surface area (Å²) in [6, 6.07) is 0. The van der Waals surface area contributed by atoms with Gasteiger partial charge in [0.05, 0.1) is 32.5 Å². The maximum Gasteiger partial charge on any atom is 0.186 e. The van der Waals surface area contributed by atoms with Crippen LogP contribution in [0.5, 0.6) is 0 Å². The largest absolute Gasteiger partial charge is 0.394 e. The summed E-state index contributed by atoms with van der Waals surface area (Å²) >= 11 is 3.96. The van der Waals surface area contributed by atoms with Crippen LogP contribution in [0.25, 0.3) is 0 Å². The quantitative estimate of drug-likeness (QED) is 0.115. The summed E-state index contributed by atoms with van der Waals surface area (Å²) in [7, 11) is 0. The molecule has 1 rings (SSSR count). The van der Waals surface area contributed by atoms with Crippen molar-refractivity contribution in [2.75, 3.05) is 32.2 Å². The summed E-state index contributed by atoms with van der Waals surface area (Å²) in [4.78, 5) is 0. The van der Waals surface area contributed by atoms with Crippen molar-refractivity contribution in [3.05, 3.63) is 0 Å². The van der Waals surface area contributed by atoms with E-state index in [0.29, 0.717) is 5.75 Å². The molecule has 0 spiro atoms. The van der Waals surface area contributed by atoms with Crippen LogP contribution in [0, 0.1) is 0 Å². The van der Waals surface area contributed by atoms with E-state index >= 15 is 0 Å². The van der Waals surface area contributed by atoms with Gasteiger partial charge in [-0.3, -0.25) is 0 Å². The molecule has 0 bridgehead atoms. The van der Waals surface area contributed by atoms with Crippen LogP contribution in [0.2, 0.25) is 0 Å². The van der Waals surface area contributed by atoms with Gasteiger partial charge < -0.3 is 54.7 Å². The van der Waals surface area contributed by atoms with Crippen molar-refractivity contribution >= 4 is 12.6 Å². The van der Waals surface area contributed by atoms with Gasteiger partial charge in [0, 0.05) is 5.75 Å². The van der Waals surface area contributed by atoms with Gasteiger partial charge in [-0.1, -0.05) is 0 Å². The monoisotopic (exact) mass is 418 g/mol. The molecule has 3 unspecified atom stereocenters. The van der Waals surface area contributed by atoms with E-state index in [2.05, 4.69) is 12.6 Å². The fourth-order valence-corrected chi connectivity index (χ4v) is 2.57. The van der Waals surface area contributed by atoms with E-state index in [1.807, 2.05) is 0 Å². The second kappa shape index (κ2) is 12.5. The van der Waals surface area contributed by atoms with Crippen LogP contribution in [0.4, 0.5) is 0 Å². The smallest absolute Gasteiger partial charge is 0.186 e. The molecule has 1 heterocycles. The average Bonchev–Trinajstić information content (AvgIpc) is 2.66. The molecule has 1 saturated heterocycles. The van der Waals surface area contributed by atoms with Gasteiger partial charge in [0.25, 0.3) is 0 Å². The number of thiol groups is 1. The van der Waals surface area contributed by atoms with E-state index in [9.17, 15) is 35.7 Å². The van der Waals surface area contributed by atoms with Crippen molar-refractivity contribution in [2.45, 2.75) is 62.2 Å². The highest BCUT2D eigenvalue weighted by Gasteiger charge is 2.47. The lowest BCUT2D eigenvalue weighted by molar-refractivity contribution is -0.341. The predicted octanol–water partition coefficient (Wildman–Crippen LogP) is -3.81. The number of rotatable bonds is 12. The highest BCUT2D eigenvalue weighted by Crippen LogP contribution is 2.26. The number of hydrogen-bond acceptors (Lipinski definition) is 12. The first-order valence-corrected chi connectivity index (χ1v) is 9.17. The normalized spacial score (nSPS) is 33.4. The van der Waals surface area contributed by atoms with Crippen molar-refractivity contribution in [2.24, 2.45) is 0 Å². The molecule has 1 fully saturated rings. The molecule has 0 saturated carbocycles. The SMILES string of the molecule is C[C@H](O)C(CO)O[C@@H](O[C@@H]1C(CO)O[C@@H](OCCS)[C@@H](O)C1O)[C@@H](O)CO. The molecule has 162 valence electrons. The summed E-state index contributed by atoms with van der Waals surface area (Å²) < 4.78 is 21.3. The first-order chi connectivity index (χ1) is 12.8. The maximum absolute atomic E-state index is 10.3. The highest BCUT2D eigenvalue weighted by atomic mass is 32.1. The zero-order valence-corrected chi connectivity index (χ0v) is 15.8. The Balaban J connectivity index is 2.91. The Morgan fingerprint density at radius 2 is 1.74 bits per heavy atom. The van der Waals surface area contributed by atoms with Gasteiger partial charge in [-0.25, -0.2) is 0 Å². The van der Waals surface area contributed by atoms with Crippen LogP contribution in [0.3, 0.4) is 0 Å². The van der Waals surface area contributed by atoms with E-state index in [1.165, 1.54) is 6.92 Å². The third-order valence-electron chi connectivity index (χ3n) is 4.01. The summed E-state index contributed by atoms with van der Waals surface area (Å²) in [5, 5.41) is 68.0. The minimum Gasteiger partial charge on any atom is -0.394 e. The second-order valence-corrected chi connectivity index (χ2v) is 6.57. The molecule has 11 nitrogen and oxygen atoms in total. The number of aliphatic hydroxyl groups excluding tert-OH is 7. The molecule has 0 radical (unpaired) electrons. The number of aliphatic hydroxyl groups is 7. The van der Waals surface area contributed by atoms with Crippen molar-refractivity contribution in [3.8, 4) is 0 Å². The fraction of sp³-hybridized carbons (Fsp3) is 1.00. The van der Waals surface area contributed by atoms with Crippen LogP contribution >= 0.6 is 12.6 Å². The Bertz CT molecular complexity index is 400. The van der Waals surface area contributed by atoms with Gasteiger partial charge in [0.1, 0.15) is 36.6 Å². The minimum absolute atomic E-state index is 0.128. The number of ether oxygens (including phenoxy) is 4. The summed E-state index contributed by atoms with van der Waals surface area (Å²) in [6.45, 7) is -0.539. The van der Waals surface area contributed by atoms with Crippen LogP contribution in [0.1, 0.15) is 6.92 Å². The van der Waals surface area contributed by atoms with Crippen LogP contribution in [0.15, 0.2) is 0 Å². The molecule has 0 aromatic carbocycles. The first kappa shape index (κ1) is 24.9. The third-order valence-corrected chi connectivity index (χ3v) is 4.20. The van der Waals surface area contributed by atoms with Gasteiger partial charge in [-0.15, -0.1) is 0 Å². The average molecular weight is 418 g/mol. The van der Waals surface area contributed by atoms with Crippen molar-refractivity contribution in [3.63, 3.8) is 0 Å². The Labute approximate surface area is 162 Å². The molecule has 1 aliphatic heterocycles. The Morgan fingerprint density at radius 1 is 1.07 bits per heavy atom. The fourth-order valence-electron chi connectivity index (χ4n) is 2.46. The zero-order chi connectivity index (χ0) is 20.6. The molecule has 27 heavy (non-hydrogen) atoms. The van der Waals surface area contributed by atoms with Crippen molar-refractivity contribution in [1.82, 2.24) is 0 Å². The van der Waals surface area contributed by atoms with Crippen molar-refractivity contribution in [1.29, 1.82) is 0 Å². The van der Waals surface area contributed by atoms with E-state index in [0.717, 1.165) is 0 Å². The highest BCUT2D eigenvalue weighted by molar-refractivity contribution is 7.80. The Morgan fingerprint density at radius 3 is 2.22 bits per heavy atom. The van der Waals surface area contributed by atoms with Gasteiger partial charge in [-0.2, -0.15) is 12.6 Å². The van der Waals surface area contributed by atoms with E-state index < -0.39 is 75.1 Å². The lowest BCUT2D eigenvalue weighted by Crippen LogP contribution is -2.61. The molecular weight excluding hydrogens is 388 g/mol. The molecule has 7 N–H and O–H groups in total. The summed E-state index contributed by atoms with van der Waals surface area (Å²) in [6.07, 6.45) is -12.3. The van der Waals surface area contributed by atoms with Gasteiger partial charge in [0.15, 0.2) is 12.6 Å². The van der Waals surface area contributed by atoms with Crippen molar-refractivity contribution < 1.29 is 54.7 Å². The lowest BCUT2D eigenvalue weighted by atomic mass is 9.99. The summed E-state index contributed by atoms with van der Waals surface area (Å²) in [5.41, 5.74) is 0. The van der Waals surface area contributed by atoms with Crippen LogP contribution in [-0.4, -0.2) is 123 Å². The molecule has 9 atom stereocenters. The molecule has 0 amide bonds. The van der Waals surface area contributed by atoms with Gasteiger partial charge >= 0.3 is 0 Å². The standard InChI is InChI=1S/C15H30O11S/c1-7(19)9(5-17)24-14(8(20)4-16)26-13-10(6-18)25-15(23-2-3-27)12(22)11(13)21/h7-22,27H,2-6H2,1H3/t7-,8-,9?,10?,11?,12-,13+,14-,15+/m0/s1. The Hall–Kier alpha value is -0.0900. The molecule has 0 aliphatic carbocycles. The zero-order valence-electron chi connectivity index (χ0n) is 14.9. The van der Waals surface area contributed by atoms with E-state index in [4.69, 9.17) is 18.9 Å². The molecular formula is C15H30O11S. The van der Waals surface area contributed by atoms with Gasteiger partial charge in [0.2, 0.25) is 0 Å². The predicted molar refractivity (Wildman–Crippen MR) is 93.0 cm³/mol. The van der Waals surface area contributed by atoms with E-state index in [1.54, 1.807) is 0 Å². The first-order valence-electron chi connectivity index (χ1n) is 8.54. The second-order valence-electron chi connectivity index (χ2n) is 6.12. The topological polar surface area (TPSA) is 179 Å². The maximum atomic E-state index is 10.3. The summed E-state index contributed by atoms with van der Waals surface area (Å²) in [5.74, 6) is 0.340. The molecule has 12 heteroatoms. The number of hydrogen-bond donors (Lipinski definition) is 8. The van der Waals surface area contributed by atoms with Gasteiger partial charge in [-0.05, 0) is 6.92 Å². The molecule has 0 aromatic heterocycles. The van der Waals surface area contributed by atoms with Crippen LogP contribution < -0.4 is 0 Å². The van der Waals surface area contributed by atoms with E-state index in [-0.39, 0.29) is 6.61 Å². The molecule has 1 aliphatic rings. The third kappa shape index (κ3) is 7.03.